The first-order valence-electron chi connectivity index (χ1n) is 10.3. The van der Waals surface area contributed by atoms with Crippen molar-refractivity contribution < 1.29 is 19.7 Å². The maximum Gasteiger partial charge on any atom is 0.126 e. The zero-order chi connectivity index (χ0) is 20.4. The van der Waals surface area contributed by atoms with E-state index in [-0.39, 0.29) is 12.7 Å². The van der Waals surface area contributed by atoms with Gasteiger partial charge in [0.1, 0.15) is 5.75 Å². The van der Waals surface area contributed by atoms with E-state index < -0.39 is 12.2 Å². The Morgan fingerprint density at radius 2 is 1.93 bits per heavy atom. The molecule has 0 spiro atoms. The molecule has 0 unspecified atom stereocenters. The zero-order valence-corrected chi connectivity index (χ0v) is 16.7. The number of nitriles is 1. The Hall–Kier alpha value is -2.39. The first-order chi connectivity index (χ1) is 14.1. The van der Waals surface area contributed by atoms with Crippen LogP contribution in [0.3, 0.4) is 0 Å². The second kappa shape index (κ2) is 8.54. The number of aliphatic hydroxyl groups excluding tert-OH is 2. The molecule has 0 bridgehead atoms. The Morgan fingerprint density at radius 3 is 2.55 bits per heavy atom. The van der Waals surface area contributed by atoms with Gasteiger partial charge in [-0.1, -0.05) is 24.3 Å². The van der Waals surface area contributed by atoms with Crippen LogP contribution in [0.4, 0.5) is 0 Å². The number of nitrogens with zero attached hydrogens (tertiary/aromatic N) is 1. The SMILES string of the molecule is COc1cc(C#N)c(Cc2ccc(C3CC3)cc2)cc1[C@H]1C[C@@H](O)C[C@@H](CO)O1. The fourth-order valence-corrected chi connectivity index (χ4v) is 4.17. The van der Waals surface area contributed by atoms with Gasteiger partial charge < -0.3 is 19.7 Å². The van der Waals surface area contributed by atoms with Crippen LogP contribution >= 0.6 is 0 Å². The topological polar surface area (TPSA) is 82.7 Å². The quantitative estimate of drug-likeness (QED) is 0.783. The second-order valence-corrected chi connectivity index (χ2v) is 8.11. The summed E-state index contributed by atoms with van der Waals surface area (Å²) in [6, 6.07) is 14.7. The number of benzene rings is 2. The largest absolute Gasteiger partial charge is 0.496 e. The van der Waals surface area contributed by atoms with Gasteiger partial charge in [-0.3, -0.25) is 0 Å². The summed E-state index contributed by atoms with van der Waals surface area (Å²) in [5, 5.41) is 29.3. The van der Waals surface area contributed by atoms with Crippen LogP contribution in [0.2, 0.25) is 0 Å². The zero-order valence-electron chi connectivity index (χ0n) is 16.7. The molecule has 152 valence electrons. The molecular weight excluding hydrogens is 366 g/mol. The van der Waals surface area contributed by atoms with Crippen molar-refractivity contribution in [2.45, 2.75) is 56.3 Å². The molecule has 5 heteroatoms. The van der Waals surface area contributed by atoms with Crippen molar-refractivity contribution in [1.29, 1.82) is 5.26 Å². The molecular formula is C24H27NO4. The highest BCUT2D eigenvalue weighted by Crippen LogP contribution is 2.40. The van der Waals surface area contributed by atoms with Crippen LogP contribution in [0, 0.1) is 11.3 Å². The van der Waals surface area contributed by atoms with Gasteiger partial charge in [-0.15, -0.1) is 0 Å². The predicted molar refractivity (Wildman–Crippen MR) is 109 cm³/mol. The lowest BCUT2D eigenvalue weighted by Gasteiger charge is -2.33. The van der Waals surface area contributed by atoms with Gasteiger partial charge in [0.25, 0.3) is 0 Å². The molecule has 1 saturated carbocycles. The van der Waals surface area contributed by atoms with E-state index in [2.05, 4.69) is 30.3 Å². The summed E-state index contributed by atoms with van der Waals surface area (Å²) in [5.74, 6) is 1.30. The van der Waals surface area contributed by atoms with Gasteiger partial charge in [-0.2, -0.15) is 5.26 Å². The number of hydrogen-bond donors (Lipinski definition) is 2. The van der Waals surface area contributed by atoms with Crippen LogP contribution < -0.4 is 4.74 Å². The van der Waals surface area contributed by atoms with Gasteiger partial charge in [0.15, 0.2) is 0 Å². The van der Waals surface area contributed by atoms with E-state index in [1.165, 1.54) is 18.4 Å². The second-order valence-electron chi connectivity index (χ2n) is 8.11. The molecule has 0 aromatic heterocycles. The van der Waals surface area contributed by atoms with Gasteiger partial charge in [0, 0.05) is 18.4 Å². The molecule has 1 saturated heterocycles. The summed E-state index contributed by atoms with van der Waals surface area (Å²) in [6.07, 6.45) is 2.74. The third-order valence-electron chi connectivity index (χ3n) is 5.93. The first kappa shape index (κ1) is 19.9. The van der Waals surface area contributed by atoms with Crippen molar-refractivity contribution in [2.75, 3.05) is 13.7 Å². The average Bonchev–Trinajstić information content (AvgIpc) is 3.59. The highest BCUT2D eigenvalue weighted by atomic mass is 16.5. The van der Waals surface area contributed by atoms with Crippen molar-refractivity contribution >= 4 is 0 Å². The number of rotatable bonds is 6. The fourth-order valence-electron chi connectivity index (χ4n) is 4.17. The molecule has 0 amide bonds. The molecule has 29 heavy (non-hydrogen) atoms. The molecule has 2 fully saturated rings. The van der Waals surface area contributed by atoms with Crippen molar-refractivity contribution in [3.8, 4) is 11.8 Å². The van der Waals surface area contributed by atoms with Gasteiger partial charge in [0.05, 0.1) is 43.7 Å². The van der Waals surface area contributed by atoms with Gasteiger partial charge in [-0.05, 0) is 54.0 Å². The van der Waals surface area contributed by atoms with E-state index in [0.29, 0.717) is 30.6 Å². The smallest absolute Gasteiger partial charge is 0.126 e. The van der Waals surface area contributed by atoms with E-state index in [4.69, 9.17) is 9.47 Å². The van der Waals surface area contributed by atoms with E-state index in [1.807, 2.05) is 6.07 Å². The summed E-state index contributed by atoms with van der Waals surface area (Å²) >= 11 is 0. The first-order valence-corrected chi connectivity index (χ1v) is 10.3. The van der Waals surface area contributed by atoms with Crippen LogP contribution in [0.5, 0.6) is 5.75 Å². The Balaban J connectivity index is 1.64. The summed E-state index contributed by atoms with van der Waals surface area (Å²) < 4.78 is 11.5. The lowest BCUT2D eigenvalue weighted by Crippen LogP contribution is -2.33. The van der Waals surface area contributed by atoms with Crippen molar-refractivity contribution in [3.05, 3.63) is 64.2 Å². The highest BCUT2D eigenvalue weighted by molar-refractivity contribution is 5.51. The standard InChI is InChI=1S/C24H27NO4/c1-28-23-10-19(13-25)18(8-15-2-4-16(5-3-15)17-6-7-17)9-22(23)24-12-20(27)11-21(14-26)29-24/h2-5,9-10,17,20-21,24,26-27H,6-8,11-12,14H2,1H3/t20-,21-,24+/m0/s1. The molecule has 2 aromatic rings. The number of hydrogen-bond acceptors (Lipinski definition) is 5. The molecule has 0 radical (unpaired) electrons. The monoisotopic (exact) mass is 393 g/mol. The fraction of sp³-hybridized carbons (Fsp3) is 0.458. The number of methoxy groups -OCH3 is 1. The Kier molecular flexibility index (Phi) is 5.86. The van der Waals surface area contributed by atoms with Crippen LogP contribution in [0.25, 0.3) is 0 Å². The summed E-state index contributed by atoms with van der Waals surface area (Å²) in [7, 11) is 1.57. The molecule has 5 nitrogen and oxygen atoms in total. The van der Waals surface area contributed by atoms with Crippen LogP contribution in [0.15, 0.2) is 36.4 Å². The van der Waals surface area contributed by atoms with Crippen molar-refractivity contribution in [1.82, 2.24) is 0 Å². The third kappa shape index (κ3) is 4.45. The summed E-state index contributed by atoms with van der Waals surface area (Å²) in [5.41, 5.74) is 4.84. The Labute approximate surface area is 171 Å². The average molecular weight is 393 g/mol. The number of ether oxygens (including phenoxy) is 2. The Bertz CT molecular complexity index is 898. The molecule has 2 aliphatic rings. The van der Waals surface area contributed by atoms with E-state index in [9.17, 15) is 15.5 Å². The van der Waals surface area contributed by atoms with Gasteiger partial charge in [0.2, 0.25) is 0 Å². The van der Waals surface area contributed by atoms with E-state index >= 15 is 0 Å². The van der Waals surface area contributed by atoms with E-state index in [0.717, 1.165) is 22.6 Å². The predicted octanol–water partition coefficient (Wildman–Crippen LogP) is 3.61. The van der Waals surface area contributed by atoms with Crippen LogP contribution in [-0.2, 0) is 11.2 Å². The van der Waals surface area contributed by atoms with Crippen molar-refractivity contribution in [2.24, 2.45) is 0 Å². The number of aliphatic hydroxyl groups is 2. The maximum atomic E-state index is 10.2. The van der Waals surface area contributed by atoms with E-state index in [1.54, 1.807) is 13.2 Å². The van der Waals surface area contributed by atoms with Crippen LogP contribution in [0.1, 0.15) is 65.5 Å². The molecule has 3 atom stereocenters. The minimum Gasteiger partial charge on any atom is -0.496 e. The molecule has 2 N–H and O–H groups in total. The van der Waals surface area contributed by atoms with Crippen LogP contribution in [-0.4, -0.2) is 36.1 Å². The minimum atomic E-state index is -0.537. The molecule has 1 aliphatic carbocycles. The highest BCUT2D eigenvalue weighted by Gasteiger charge is 2.31. The normalized spacial score (nSPS) is 24.1. The maximum absolute atomic E-state index is 10.2. The minimum absolute atomic E-state index is 0.133. The Morgan fingerprint density at radius 1 is 1.17 bits per heavy atom. The molecule has 2 aromatic carbocycles. The molecule has 1 heterocycles. The lowest BCUT2D eigenvalue weighted by atomic mass is 9.91. The van der Waals surface area contributed by atoms with Crippen molar-refractivity contribution in [3.63, 3.8) is 0 Å². The van der Waals surface area contributed by atoms with Gasteiger partial charge in [-0.25, -0.2) is 0 Å². The molecule has 1 aliphatic heterocycles. The third-order valence-corrected chi connectivity index (χ3v) is 5.93. The summed E-state index contributed by atoms with van der Waals surface area (Å²) in [4.78, 5) is 0. The lowest BCUT2D eigenvalue weighted by molar-refractivity contribution is -0.114. The summed E-state index contributed by atoms with van der Waals surface area (Å²) in [6.45, 7) is -0.133. The van der Waals surface area contributed by atoms with Gasteiger partial charge >= 0.3 is 0 Å². The molecule has 4 rings (SSSR count).